The van der Waals surface area contributed by atoms with Crippen LogP contribution in [0.4, 0.5) is 0 Å². The van der Waals surface area contributed by atoms with Crippen molar-refractivity contribution in [3.05, 3.63) is 35.9 Å². The molecule has 2 unspecified atom stereocenters. The molecule has 100 valence electrons. The van der Waals surface area contributed by atoms with Crippen LogP contribution in [0.1, 0.15) is 51.0 Å². The first-order valence-electron chi connectivity index (χ1n) is 7.48. The summed E-state index contributed by atoms with van der Waals surface area (Å²) in [7, 11) is 0. The minimum Gasteiger partial charge on any atom is -0.330 e. The van der Waals surface area contributed by atoms with Gasteiger partial charge in [0.25, 0.3) is 0 Å². The second kappa shape index (κ2) is 6.38. The Morgan fingerprint density at radius 1 is 1.22 bits per heavy atom. The third-order valence-corrected chi connectivity index (χ3v) is 4.65. The Hall–Kier alpha value is -0.820. The van der Waals surface area contributed by atoms with Gasteiger partial charge in [-0.3, -0.25) is 0 Å². The smallest absolute Gasteiger partial charge is 0.00204 e. The lowest BCUT2D eigenvalue weighted by Gasteiger charge is -2.27. The lowest BCUT2D eigenvalue weighted by Crippen LogP contribution is -2.27. The fourth-order valence-electron chi connectivity index (χ4n) is 3.48. The molecule has 1 fully saturated rings. The largest absolute Gasteiger partial charge is 0.330 e. The minimum atomic E-state index is 0.482. The molecule has 0 spiro atoms. The molecular weight excluding hydrogens is 218 g/mol. The van der Waals surface area contributed by atoms with Crippen molar-refractivity contribution in [2.75, 3.05) is 6.54 Å². The monoisotopic (exact) mass is 245 g/mol. The van der Waals surface area contributed by atoms with Crippen LogP contribution in [-0.2, 0) is 6.42 Å². The van der Waals surface area contributed by atoms with Crippen LogP contribution in [0.3, 0.4) is 0 Å². The summed E-state index contributed by atoms with van der Waals surface area (Å²) in [6.07, 6.45) is 9.29. The average Bonchev–Trinajstić information content (AvgIpc) is 2.78. The summed E-state index contributed by atoms with van der Waals surface area (Å²) in [5, 5.41) is 0. The molecule has 0 amide bonds. The zero-order chi connectivity index (χ0) is 12.8. The molecule has 2 rings (SSSR count). The Balaban J connectivity index is 1.71. The van der Waals surface area contributed by atoms with E-state index >= 15 is 0 Å². The van der Waals surface area contributed by atoms with Gasteiger partial charge in [-0.2, -0.15) is 0 Å². The SMILES string of the molecule is CC1CCC(CN)(CCCCc2ccccc2)C1. The second-order valence-corrected chi connectivity index (χ2v) is 6.24. The van der Waals surface area contributed by atoms with Crippen LogP contribution in [0, 0.1) is 11.3 Å². The van der Waals surface area contributed by atoms with Crippen molar-refractivity contribution < 1.29 is 0 Å². The number of aryl methyl sites for hydroxylation is 1. The maximum atomic E-state index is 6.02. The van der Waals surface area contributed by atoms with Crippen molar-refractivity contribution >= 4 is 0 Å². The van der Waals surface area contributed by atoms with Crippen molar-refractivity contribution in [2.24, 2.45) is 17.1 Å². The topological polar surface area (TPSA) is 26.0 Å². The molecule has 1 aliphatic carbocycles. The molecule has 2 N–H and O–H groups in total. The Bertz CT molecular complexity index is 346. The molecule has 1 saturated carbocycles. The van der Waals surface area contributed by atoms with Gasteiger partial charge in [0.1, 0.15) is 0 Å². The molecule has 18 heavy (non-hydrogen) atoms. The molecular formula is C17H27N. The molecule has 0 heterocycles. The van der Waals surface area contributed by atoms with Crippen molar-refractivity contribution in [1.82, 2.24) is 0 Å². The Labute approximate surface area is 112 Å². The van der Waals surface area contributed by atoms with E-state index in [0.717, 1.165) is 12.5 Å². The first-order valence-corrected chi connectivity index (χ1v) is 7.48. The van der Waals surface area contributed by atoms with Crippen LogP contribution in [-0.4, -0.2) is 6.54 Å². The Morgan fingerprint density at radius 3 is 2.61 bits per heavy atom. The zero-order valence-electron chi connectivity index (χ0n) is 11.7. The normalized spacial score (nSPS) is 27.6. The van der Waals surface area contributed by atoms with Crippen LogP contribution in [0.25, 0.3) is 0 Å². The van der Waals surface area contributed by atoms with E-state index in [9.17, 15) is 0 Å². The van der Waals surface area contributed by atoms with Crippen molar-refractivity contribution in [1.29, 1.82) is 0 Å². The van der Waals surface area contributed by atoms with E-state index < -0.39 is 0 Å². The van der Waals surface area contributed by atoms with Gasteiger partial charge in [-0.1, -0.05) is 50.1 Å². The van der Waals surface area contributed by atoms with Gasteiger partial charge in [-0.05, 0) is 55.5 Å². The van der Waals surface area contributed by atoms with E-state index in [0.29, 0.717) is 5.41 Å². The van der Waals surface area contributed by atoms with E-state index in [-0.39, 0.29) is 0 Å². The molecule has 0 radical (unpaired) electrons. The summed E-state index contributed by atoms with van der Waals surface area (Å²) in [5.74, 6) is 0.891. The molecule has 2 atom stereocenters. The maximum Gasteiger partial charge on any atom is -0.00204 e. The van der Waals surface area contributed by atoms with Gasteiger partial charge in [-0.25, -0.2) is 0 Å². The molecule has 1 nitrogen and oxygen atoms in total. The van der Waals surface area contributed by atoms with Crippen molar-refractivity contribution in [2.45, 2.75) is 51.9 Å². The highest BCUT2D eigenvalue weighted by atomic mass is 14.6. The van der Waals surface area contributed by atoms with Gasteiger partial charge in [-0.15, -0.1) is 0 Å². The van der Waals surface area contributed by atoms with E-state index in [1.165, 1.54) is 50.5 Å². The number of unbranched alkanes of at least 4 members (excludes halogenated alkanes) is 1. The van der Waals surface area contributed by atoms with Crippen LogP contribution in [0.5, 0.6) is 0 Å². The summed E-state index contributed by atoms with van der Waals surface area (Å²) in [6, 6.07) is 10.8. The lowest BCUT2D eigenvalue weighted by atomic mass is 9.80. The zero-order valence-corrected chi connectivity index (χ0v) is 11.7. The quantitative estimate of drug-likeness (QED) is 0.748. The lowest BCUT2D eigenvalue weighted by molar-refractivity contribution is 0.263. The fraction of sp³-hybridized carbons (Fsp3) is 0.647. The predicted octanol–water partition coefficient (Wildman–Crippen LogP) is 4.16. The van der Waals surface area contributed by atoms with Crippen LogP contribution in [0.2, 0.25) is 0 Å². The maximum absolute atomic E-state index is 6.02. The highest BCUT2D eigenvalue weighted by molar-refractivity contribution is 5.14. The van der Waals surface area contributed by atoms with Crippen molar-refractivity contribution in [3.63, 3.8) is 0 Å². The highest BCUT2D eigenvalue weighted by Crippen LogP contribution is 2.44. The summed E-state index contributed by atoms with van der Waals surface area (Å²) in [6.45, 7) is 3.27. The molecule has 1 aromatic carbocycles. The number of benzene rings is 1. The number of hydrogen-bond acceptors (Lipinski definition) is 1. The fourth-order valence-corrected chi connectivity index (χ4v) is 3.48. The van der Waals surface area contributed by atoms with Crippen LogP contribution >= 0.6 is 0 Å². The van der Waals surface area contributed by atoms with Crippen LogP contribution < -0.4 is 5.73 Å². The standard InChI is InChI=1S/C17H27N/c1-15-10-12-17(13-15,14-18)11-6-5-9-16-7-3-2-4-8-16/h2-4,7-8,15H,5-6,9-14,18H2,1H3. The highest BCUT2D eigenvalue weighted by Gasteiger charge is 2.35. The third-order valence-electron chi connectivity index (χ3n) is 4.65. The van der Waals surface area contributed by atoms with Gasteiger partial charge in [0, 0.05) is 0 Å². The molecule has 0 bridgehead atoms. The summed E-state index contributed by atoms with van der Waals surface area (Å²) in [5.41, 5.74) is 7.98. The second-order valence-electron chi connectivity index (χ2n) is 6.24. The van der Waals surface area contributed by atoms with E-state index in [1.807, 2.05) is 0 Å². The van der Waals surface area contributed by atoms with Gasteiger partial charge >= 0.3 is 0 Å². The third kappa shape index (κ3) is 3.58. The van der Waals surface area contributed by atoms with Gasteiger partial charge in [0.2, 0.25) is 0 Å². The first kappa shape index (κ1) is 13.6. The summed E-state index contributed by atoms with van der Waals surface area (Å²) >= 11 is 0. The minimum absolute atomic E-state index is 0.482. The molecule has 1 heteroatoms. The molecule has 0 aliphatic heterocycles. The average molecular weight is 245 g/mol. The summed E-state index contributed by atoms with van der Waals surface area (Å²) < 4.78 is 0. The number of rotatable bonds is 6. The van der Waals surface area contributed by atoms with Gasteiger partial charge < -0.3 is 5.73 Å². The molecule has 0 saturated heterocycles. The first-order chi connectivity index (χ1) is 8.74. The summed E-state index contributed by atoms with van der Waals surface area (Å²) in [4.78, 5) is 0. The molecule has 0 aromatic heterocycles. The number of hydrogen-bond donors (Lipinski definition) is 1. The van der Waals surface area contributed by atoms with Gasteiger partial charge in [0.05, 0.1) is 0 Å². The Morgan fingerprint density at radius 2 is 2.00 bits per heavy atom. The molecule has 1 aliphatic rings. The number of nitrogens with two attached hydrogens (primary N) is 1. The van der Waals surface area contributed by atoms with Gasteiger partial charge in [0.15, 0.2) is 0 Å². The van der Waals surface area contributed by atoms with E-state index in [4.69, 9.17) is 5.73 Å². The van der Waals surface area contributed by atoms with Crippen LogP contribution in [0.15, 0.2) is 30.3 Å². The predicted molar refractivity (Wildman–Crippen MR) is 78.5 cm³/mol. The van der Waals surface area contributed by atoms with Crippen molar-refractivity contribution in [3.8, 4) is 0 Å². The van der Waals surface area contributed by atoms with E-state index in [1.54, 1.807) is 0 Å². The Kier molecular flexibility index (Phi) is 4.82. The molecule has 1 aromatic rings. The van der Waals surface area contributed by atoms with E-state index in [2.05, 4.69) is 37.3 Å².